The van der Waals surface area contributed by atoms with Crippen LogP contribution in [0.5, 0.6) is 5.75 Å². The molecule has 6 heteroatoms. The van der Waals surface area contributed by atoms with E-state index < -0.39 is 10.0 Å². The topological polar surface area (TPSA) is 55.4 Å². The van der Waals surface area contributed by atoms with Gasteiger partial charge in [0, 0.05) is 11.4 Å². The zero-order valence-corrected chi connectivity index (χ0v) is 13.3. The van der Waals surface area contributed by atoms with Crippen LogP contribution in [-0.2, 0) is 16.6 Å². The van der Waals surface area contributed by atoms with Gasteiger partial charge in [0.25, 0.3) is 0 Å². The van der Waals surface area contributed by atoms with Gasteiger partial charge in [-0.3, -0.25) is 0 Å². The Balaban J connectivity index is 2.10. The molecule has 1 aromatic carbocycles. The summed E-state index contributed by atoms with van der Waals surface area (Å²) >= 11 is 1.27. The Labute approximate surface area is 123 Å². The lowest BCUT2D eigenvalue weighted by Gasteiger charge is -2.08. The Morgan fingerprint density at radius 1 is 1.20 bits per heavy atom. The molecule has 20 heavy (non-hydrogen) atoms. The molecule has 0 amide bonds. The minimum absolute atomic E-state index is 0.268. The summed E-state index contributed by atoms with van der Waals surface area (Å²) in [6.07, 6.45) is 0. The van der Waals surface area contributed by atoms with E-state index in [-0.39, 0.29) is 6.54 Å². The van der Waals surface area contributed by atoms with E-state index in [4.69, 9.17) is 4.74 Å². The summed E-state index contributed by atoms with van der Waals surface area (Å²) in [5.74, 6) is 0.797. The van der Waals surface area contributed by atoms with Crippen LogP contribution in [0.15, 0.2) is 34.5 Å². The van der Waals surface area contributed by atoms with E-state index in [0.29, 0.717) is 4.21 Å². The first-order chi connectivity index (χ1) is 9.42. The van der Waals surface area contributed by atoms with Crippen molar-refractivity contribution in [2.24, 2.45) is 0 Å². The molecule has 0 saturated carbocycles. The Morgan fingerprint density at radius 3 is 2.50 bits per heavy atom. The first-order valence-corrected chi connectivity index (χ1v) is 8.42. The van der Waals surface area contributed by atoms with Crippen molar-refractivity contribution in [3.8, 4) is 5.75 Å². The van der Waals surface area contributed by atoms with E-state index in [9.17, 15) is 8.42 Å². The van der Waals surface area contributed by atoms with E-state index in [1.54, 1.807) is 19.2 Å². The number of ether oxygens (including phenoxy) is 1. The molecule has 1 N–H and O–H groups in total. The van der Waals surface area contributed by atoms with Crippen LogP contribution in [0.4, 0.5) is 0 Å². The van der Waals surface area contributed by atoms with Gasteiger partial charge in [0.05, 0.1) is 7.11 Å². The normalized spacial score (nSPS) is 11.6. The third-order valence-electron chi connectivity index (χ3n) is 2.91. The lowest BCUT2D eigenvalue weighted by Crippen LogP contribution is -2.22. The zero-order valence-electron chi connectivity index (χ0n) is 11.6. The number of hydrogen-bond acceptors (Lipinski definition) is 4. The number of hydrogen-bond donors (Lipinski definition) is 1. The number of sulfonamides is 1. The number of thiophene rings is 1. The first kappa shape index (κ1) is 15.0. The lowest BCUT2D eigenvalue weighted by atomic mass is 10.1. The molecule has 4 nitrogen and oxygen atoms in total. The van der Waals surface area contributed by atoms with Gasteiger partial charge in [0.2, 0.25) is 10.0 Å². The number of nitrogens with one attached hydrogen (secondary N) is 1. The second kappa shape index (κ2) is 5.95. The molecule has 0 atom stereocenters. The second-order valence-corrected chi connectivity index (χ2v) is 7.78. The van der Waals surface area contributed by atoms with Crippen molar-refractivity contribution in [2.45, 2.75) is 24.6 Å². The van der Waals surface area contributed by atoms with E-state index in [1.165, 1.54) is 11.3 Å². The van der Waals surface area contributed by atoms with Crippen LogP contribution in [0.25, 0.3) is 0 Å². The molecule has 0 radical (unpaired) electrons. The van der Waals surface area contributed by atoms with Crippen LogP contribution in [0.3, 0.4) is 0 Å². The second-order valence-electron chi connectivity index (χ2n) is 4.49. The highest BCUT2D eigenvalue weighted by atomic mass is 32.2. The van der Waals surface area contributed by atoms with Gasteiger partial charge in [0.1, 0.15) is 9.96 Å². The van der Waals surface area contributed by atoms with Crippen LogP contribution >= 0.6 is 11.3 Å². The van der Waals surface area contributed by atoms with Crippen LogP contribution < -0.4 is 9.46 Å². The van der Waals surface area contributed by atoms with Crippen molar-refractivity contribution in [3.63, 3.8) is 0 Å². The highest BCUT2D eigenvalue weighted by Gasteiger charge is 2.15. The number of benzene rings is 1. The van der Waals surface area contributed by atoms with Crippen LogP contribution in [0.2, 0.25) is 0 Å². The van der Waals surface area contributed by atoms with Gasteiger partial charge in [-0.1, -0.05) is 12.1 Å². The van der Waals surface area contributed by atoms with Gasteiger partial charge in [-0.25, -0.2) is 13.1 Å². The van der Waals surface area contributed by atoms with E-state index in [0.717, 1.165) is 21.8 Å². The molecule has 0 unspecified atom stereocenters. The van der Waals surface area contributed by atoms with Crippen LogP contribution in [0.1, 0.15) is 16.0 Å². The average molecular weight is 311 g/mol. The summed E-state index contributed by atoms with van der Waals surface area (Å²) in [5, 5.41) is 0. The minimum atomic E-state index is -3.43. The maximum absolute atomic E-state index is 12.1. The molecule has 2 aromatic rings. The molecule has 0 saturated heterocycles. The Bertz CT molecular complexity index is 705. The summed E-state index contributed by atoms with van der Waals surface area (Å²) < 4.78 is 32.3. The Morgan fingerprint density at radius 2 is 1.95 bits per heavy atom. The third kappa shape index (κ3) is 3.39. The largest absolute Gasteiger partial charge is 0.496 e. The molecule has 2 rings (SSSR count). The fraction of sp³-hybridized carbons (Fsp3) is 0.286. The van der Waals surface area contributed by atoms with Crippen molar-refractivity contribution >= 4 is 21.4 Å². The molecular formula is C14H17NO3S2. The Hall–Kier alpha value is -1.37. The van der Waals surface area contributed by atoms with Crippen molar-refractivity contribution < 1.29 is 13.2 Å². The lowest BCUT2D eigenvalue weighted by molar-refractivity contribution is 0.411. The number of aryl methyl sites for hydroxylation is 2. The van der Waals surface area contributed by atoms with E-state index >= 15 is 0 Å². The number of methoxy groups -OCH3 is 1. The van der Waals surface area contributed by atoms with Gasteiger partial charge in [-0.2, -0.15) is 0 Å². The smallest absolute Gasteiger partial charge is 0.250 e. The van der Waals surface area contributed by atoms with Gasteiger partial charge < -0.3 is 4.74 Å². The van der Waals surface area contributed by atoms with Crippen LogP contribution in [0, 0.1) is 13.8 Å². The van der Waals surface area contributed by atoms with Crippen molar-refractivity contribution in [1.29, 1.82) is 0 Å². The highest BCUT2D eigenvalue weighted by molar-refractivity contribution is 7.91. The molecule has 0 aliphatic carbocycles. The van der Waals surface area contributed by atoms with Crippen molar-refractivity contribution in [3.05, 3.63) is 46.3 Å². The maximum Gasteiger partial charge on any atom is 0.250 e. The summed E-state index contributed by atoms with van der Waals surface area (Å²) in [6.45, 7) is 4.08. The van der Waals surface area contributed by atoms with Gasteiger partial charge in [-0.15, -0.1) is 11.3 Å². The van der Waals surface area contributed by atoms with Crippen molar-refractivity contribution in [2.75, 3.05) is 7.11 Å². The summed E-state index contributed by atoms with van der Waals surface area (Å²) in [7, 11) is -1.81. The third-order valence-corrected chi connectivity index (χ3v) is 5.80. The predicted octanol–water partition coefficient (Wildman–Crippen LogP) is 2.85. The molecular weight excluding hydrogens is 294 g/mol. The van der Waals surface area contributed by atoms with Crippen molar-refractivity contribution in [1.82, 2.24) is 4.72 Å². The molecule has 1 heterocycles. The minimum Gasteiger partial charge on any atom is -0.496 e. The molecule has 0 aliphatic heterocycles. The van der Waals surface area contributed by atoms with E-state index in [2.05, 4.69) is 4.72 Å². The standard InChI is InChI=1S/C14H17NO3S2/c1-10-8-12(5-6-13(10)18-3)9-15-20(16,17)14-7-4-11(2)19-14/h4-8,15H,9H2,1-3H3. The molecule has 0 bridgehead atoms. The molecule has 0 spiro atoms. The number of rotatable bonds is 5. The molecule has 0 fully saturated rings. The monoisotopic (exact) mass is 311 g/mol. The average Bonchev–Trinajstić information content (AvgIpc) is 2.84. The quantitative estimate of drug-likeness (QED) is 0.924. The van der Waals surface area contributed by atoms with Gasteiger partial charge in [0.15, 0.2) is 0 Å². The van der Waals surface area contributed by atoms with Gasteiger partial charge in [-0.05, 0) is 43.2 Å². The summed E-state index contributed by atoms with van der Waals surface area (Å²) in [5.41, 5.74) is 1.89. The molecule has 108 valence electrons. The Kier molecular flexibility index (Phi) is 4.47. The summed E-state index contributed by atoms with van der Waals surface area (Å²) in [6, 6.07) is 9.04. The maximum atomic E-state index is 12.1. The first-order valence-electron chi connectivity index (χ1n) is 6.12. The fourth-order valence-electron chi connectivity index (χ4n) is 1.86. The molecule has 1 aromatic heterocycles. The SMILES string of the molecule is COc1ccc(CNS(=O)(=O)c2ccc(C)s2)cc1C. The highest BCUT2D eigenvalue weighted by Crippen LogP contribution is 2.21. The van der Waals surface area contributed by atoms with E-state index in [1.807, 2.05) is 32.0 Å². The van der Waals surface area contributed by atoms with Gasteiger partial charge >= 0.3 is 0 Å². The molecule has 0 aliphatic rings. The van der Waals surface area contributed by atoms with Crippen LogP contribution in [-0.4, -0.2) is 15.5 Å². The zero-order chi connectivity index (χ0) is 14.8. The fourth-order valence-corrected chi connectivity index (χ4v) is 4.20. The summed E-state index contributed by atoms with van der Waals surface area (Å²) in [4.78, 5) is 0.977. The predicted molar refractivity (Wildman–Crippen MR) is 80.8 cm³/mol.